The molecule has 8 aromatic heterocycles. The van der Waals surface area contributed by atoms with Crippen molar-refractivity contribution in [2.75, 3.05) is 26.4 Å². The molecule has 26 aromatic rings. The summed E-state index contributed by atoms with van der Waals surface area (Å²) >= 11 is 0. The van der Waals surface area contributed by atoms with Crippen LogP contribution in [0.3, 0.4) is 0 Å². The first-order valence-corrected chi connectivity index (χ1v) is 46.4. The number of aromatic nitrogens is 12. The van der Waals surface area contributed by atoms with E-state index in [1.807, 2.05) is 185 Å². The zero-order valence-corrected chi connectivity index (χ0v) is 76.7. The highest BCUT2D eigenvalue weighted by molar-refractivity contribution is 6.29. The number of nitrogens with zero attached hydrogens (tertiary/aromatic N) is 12. The second-order valence-electron chi connectivity index (χ2n) is 33.4. The number of aromatic hydroxyl groups is 4. The van der Waals surface area contributed by atoms with Gasteiger partial charge in [-0.1, -0.05) is 237 Å². The third-order valence-electron chi connectivity index (χ3n) is 24.8. The van der Waals surface area contributed by atoms with Crippen LogP contribution in [0.1, 0.15) is 27.7 Å². The molecular formula is C118H82N12O12. The van der Waals surface area contributed by atoms with Crippen molar-refractivity contribution < 1.29 is 57.0 Å². The quantitative estimate of drug-likeness (QED) is 0.0658. The van der Waals surface area contributed by atoms with Crippen LogP contribution >= 0.6 is 0 Å². The smallest absolute Gasteiger partial charge is 0.320 e. The minimum atomic E-state index is 0.0870. The molecule has 24 nitrogen and oxygen atoms in total. The Morgan fingerprint density at radius 1 is 0.183 bits per heavy atom. The molecule has 142 heavy (non-hydrogen) atoms. The summed E-state index contributed by atoms with van der Waals surface area (Å²) in [5, 5.41) is 60.8. The maximum Gasteiger partial charge on any atom is 0.320 e. The number of phenolic OH excluding ortho intramolecular Hbond substituents is 4. The predicted molar refractivity (Wildman–Crippen MR) is 556 cm³/mol. The monoisotopic (exact) mass is 1860 g/mol. The van der Waals surface area contributed by atoms with E-state index in [-0.39, 0.29) is 47.0 Å². The number of hydrogen-bond donors (Lipinski definition) is 4. The average molecular weight is 1860 g/mol. The molecule has 0 aliphatic heterocycles. The topological polar surface area (TPSA) is 325 Å². The van der Waals surface area contributed by atoms with Gasteiger partial charge in [-0.15, -0.1) is 0 Å². The van der Waals surface area contributed by atoms with E-state index in [9.17, 15) is 20.4 Å². The summed E-state index contributed by atoms with van der Waals surface area (Å²) in [4.78, 5) is 55.0. The fourth-order valence-electron chi connectivity index (χ4n) is 18.4. The summed E-state index contributed by atoms with van der Waals surface area (Å²) in [6.07, 6.45) is 0. The van der Waals surface area contributed by atoms with Gasteiger partial charge in [-0.3, -0.25) is 0 Å². The van der Waals surface area contributed by atoms with Gasteiger partial charge in [0.1, 0.15) is 67.7 Å². The van der Waals surface area contributed by atoms with Crippen LogP contribution in [-0.4, -0.2) is 107 Å². The van der Waals surface area contributed by atoms with E-state index in [0.29, 0.717) is 95.3 Å². The van der Waals surface area contributed by atoms with Gasteiger partial charge in [-0.05, 0) is 208 Å². The summed E-state index contributed by atoms with van der Waals surface area (Å²) in [7, 11) is 0. The fraction of sp³-hybridized carbons (Fsp3) is 0.0678. The Hall–Kier alpha value is -19.1. The highest BCUT2D eigenvalue weighted by Crippen LogP contribution is 2.48. The second kappa shape index (κ2) is 37.2. The molecule has 0 saturated heterocycles. The highest BCUT2D eigenvalue weighted by Gasteiger charge is 2.27. The number of ether oxygens (including phenoxy) is 4. The Morgan fingerprint density at radius 2 is 0.493 bits per heavy atom. The molecule has 4 N–H and O–H groups in total. The molecule has 0 bridgehead atoms. The van der Waals surface area contributed by atoms with Gasteiger partial charge in [0, 0.05) is 65.3 Å². The summed E-state index contributed by atoms with van der Waals surface area (Å²) in [6, 6.07) is 115. The van der Waals surface area contributed by atoms with Crippen LogP contribution < -0.4 is 18.9 Å². The minimum absolute atomic E-state index is 0.0870. The molecule has 0 amide bonds. The van der Waals surface area contributed by atoms with Crippen LogP contribution in [0.15, 0.2) is 370 Å². The maximum atomic E-state index is 10.5. The SMILES string of the molecule is CCOc1nc(-c2ccc3c(c2)oc2cc4ccccc4cc23)nc(-c2ccccc2O)n1.CCOc1nc(-c2ccccc2O)nc(-c2cc3oc4cc(-c5ccccc5)ccc4c3c3ccccc23)n1.CCOc1nc(-c2ccccc2O)nc(-c2cc3oc4ccc5ccccc5c4c3c3ccccc23)n1.CCOc1nc(-c2ccccc2O)nc(-c2cc3oc4ccccc4c3c3ccccc23)n1. The summed E-state index contributed by atoms with van der Waals surface area (Å²) in [5.41, 5.74) is 13.7. The first-order chi connectivity index (χ1) is 69.8. The van der Waals surface area contributed by atoms with E-state index in [1.54, 1.807) is 72.8 Å². The molecule has 686 valence electrons. The van der Waals surface area contributed by atoms with Gasteiger partial charge in [-0.25, -0.2) is 19.9 Å². The lowest BCUT2D eigenvalue weighted by atomic mass is 9.96. The Bertz CT molecular complexity index is 9440. The van der Waals surface area contributed by atoms with Crippen molar-refractivity contribution in [3.05, 3.63) is 352 Å². The molecule has 8 heterocycles. The van der Waals surface area contributed by atoms with Crippen molar-refractivity contribution in [3.63, 3.8) is 0 Å². The van der Waals surface area contributed by atoms with Crippen LogP contribution in [-0.2, 0) is 0 Å². The first kappa shape index (κ1) is 87.0. The van der Waals surface area contributed by atoms with Gasteiger partial charge < -0.3 is 57.0 Å². The zero-order chi connectivity index (χ0) is 96.0. The highest BCUT2D eigenvalue weighted by atomic mass is 16.5. The van der Waals surface area contributed by atoms with E-state index in [2.05, 4.69) is 166 Å². The number of phenols is 4. The third-order valence-corrected chi connectivity index (χ3v) is 24.8. The standard InChI is InChI=1S/C33H23N3O3.C31H21N3O3.2C27H19N3O3/c1-2-38-33-35-31(24-14-8-9-15-27(24)37)34-32(36-33)26-19-29-30(23-13-7-6-12-22(23)26)25-17-16-21(18-28(25)39-29)20-10-4-3-5-11-20;1-2-36-31-33-29(22-13-7-8-14-24(22)35)32-30(34-31)23-17-26-28(21-12-6-5-11-20(21)23)27-19-10-4-3-9-18(19)15-16-25(27)37-26;1-2-32-27-29-25(18-11-5-7-13-21(18)31)28-26(30-27)20-15-23-24(17-10-4-3-9-16(17)20)19-12-6-8-14-22(19)33-23;1-2-32-27-29-25(28-26(30-27)20-9-5-6-10-22(20)31)18-11-12-19-21-13-16-7-3-4-8-17(16)14-24(21)33-23(19)15-18/h3-19,37H,2H2,1H3;3-17,35H,2H2,1H3;2*3-15,31H,2H2,1H3. The molecule has 24 heteroatoms. The molecule has 0 spiro atoms. The maximum absolute atomic E-state index is 10.5. The van der Waals surface area contributed by atoms with E-state index in [0.717, 1.165) is 170 Å². The van der Waals surface area contributed by atoms with E-state index < -0.39 is 0 Å². The lowest BCUT2D eigenvalue weighted by Crippen LogP contribution is -2.03. The summed E-state index contributed by atoms with van der Waals surface area (Å²) in [5.74, 6) is 3.50. The van der Waals surface area contributed by atoms with Gasteiger partial charge in [-0.2, -0.15) is 39.9 Å². The largest absolute Gasteiger partial charge is 0.507 e. The van der Waals surface area contributed by atoms with Gasteiger partial charge in [0.2, 0.25) is 0 Å². The Kier molecular flexibility index (Phi) is 22.8. The fourth-order valence-corrected chi connectivity index (χ4v) is 18.4. The minimum Gasteiger partial charge on any atom is -0.507 e. The number of furan rings is 4. The van der Waals surface area contributed by atoms with Crippen molar-refractivity contribution in [3.8, 4) is 149 Å². The van der Waals surface area contributed by atoms with Crippen molar-refractivity contribution in [1.29, 1.82) is 0 Å². The first-order valence-electron chi connectivity index (χ1n) is 46.4. The van der Waals surface area contributed by atoms with Crippen LogP contribution in [0, 0.1) is 0 Å². The van der Waals surface area contributed by atoms with Crippen molar-refractivity contribution in [2.24, 2.45) is 0 Å². The molecule has 0 aliphatic rings. The number of rotatable bonds is 17. The lowest BCUT2D eigenvalue weighted by molar-refractivity contribution is 0.312. The summed E-state index contributed by atoms with van der Waals surface area (Å²) < 4.78 is 47.9. The second-order valence-corrected chi connectivity index (χ2v) is 33.4. The van der Waals surface area contributed by atoms with E-state index in [4.69, 9.17) is 51.6 Å². The molecule has 0 radical (unpaired) electrons. The molecule has 0 atom stereocenters. The van der Waals surface area contributed by atoms with Gasteiger partial charge >= 0.3 is 24.0 Å². The van der Waals surface area contributed by atoms with Crippen LogP contribution in [0.5, 0.6) is 47.0 Å². The Labute approximate surface area is 808 Å². The van der Waals surface area contributed by atoms with Crippen LogP contribution in [0.2, 0.25) is 0 Å². The van der Waals surface area contributed by atoms with Crippen molar-refractivity contribution in [1.82, 2.24) is 59.8 Å². The summed E-state index contributed by atoms with van der Waals surface area (Å²) in [6.45, 7) is 9.13. The van der Waals surface area contributed by atoms with E-state index in [1.165, 1.54) is 5.39 Å². The molecule has 0 unspecified atom stereocenters. The Morgan fingerprint density at radius 3 is 0.965 bits per heavy atom. The molecule has 26 rings (SSSR count). The van der Waals surface area contributed by atoms with Crippen LogP contribution in [0.25, 0.3) is 244 Å². The van der Waals surface area contributed by atoms with Gasteiger partial charge in [0.15, 0.2) is 46.6 Å². The molecule has 0 fully saturated rings. The van der Waals surface area contributed by atoms with Gasteiger partial charge in [0.25, 0.3) is 0 Å². The predicted octanol–water partition coefficient (Wildman–Crippen LogP) is 28.3. The lowest BCUT2D eigenvalue weighted by Gasteiger charge is -2.11. The number of para-hydroxylation sites is 5. The number of hydrogen-bond acceptors (Lipinski definition) is 24. The van der Waals surface area contributed by atoms with E-state index >= 15 is 0 Å². The zero-order valence-electron chi connectivity index (χ0n) is 76.7. The van der Waals surface area contributed by atoms with Crippen molar-refractivity contribution >= 4 is 142 Å². The Balaban J connectivity index is 0.000000105. The third kappa shape index (κ3) is 16.4. The normalized spacial score (nSPS) is 11.5. The number of fused-ring (bicyclic) bond motifs is 21. The molecule has 18 aromatic carbocycles. The number of benzene rings is 18. The molecule has 0 saturated carbocycles. The molecular weight excluding hydrogens is 1780 g/mol. The van der Waals surface area contributed by atoms with Gasteiger partial charge in [0.05, 0.1) is 48.7 Å². The average Bonchev–Trinajstić information content (AvgIpc) is 1.56. The molecule has 0 aliphatic carbocycles. The van der Waals surface area contributed by atoms with Crippen molar-refractivity contribution in [2.45, 2.75) is 27.7 Å². The van der Waals surface area contributed by atoms with Crippen LogP contribution in [0.4, 0.5) is 0 Å².